The van der Waals surface area contributed by atoms with Crippen molar-refractivity contribution >= 4 is 0 Å². The van der Waals surface area contributed by atoms with Crippen molar-refractivity contribution in [1.82, 2.24) is 0 Å². The highest BCUT2D eigenvalue weighted by Gasteiger charge is 2.19. The zero-order valence-electron chi connectivity index (χ0n) is 10.4. The van der Waals surface area contributed by atoms with Crippen LogP contribution < -0.4 is 16.2 Å². The van der Waals surface area contributed by atoms with Crippen LogP contribution in [-0.2, 0) is 0 Å². The van der Waals surface area contributed by atoms with E-state index in [0.717, 1.165) is 5.75 Å². The van der Waals surface area contributed by atoms with Gasteiger partial charge in [-0.25, -0.2) is 0 Å². The summed E-state index contributed by atoms with van der Waals surface area (Å²) in [6, 6.07) is 6.21. The first-order valence-electron chi connectivity index (χ1n) is 5.68. The number of ether oxygens (including phenoxy) is 1. The summed E-state index contributed by atoms with van der Waals surface area (Å²) in [5.74, 6) is 1.55. The number of methoxy groups -OCH3 is 1. The minimum absolute atomic E-state index is 0.302. The molecule has 3 heteroatoms. The minimum atomic E-state index is 0.302. The second-order valence-electron chi connectivity index (χ2n) is 4.27. The van der Waals surface area contributed by atoms with E-state index in [-0.39, 0.29) is 0 Å². The fraction of sp³-hybridized carbons (Fsp3) is 0.538. The molecule has 0 fully saturated rings. The van der Waals surface area contributed by atoms with Crippen molar-refractivity contribution in [1.29, 1.82) is 0 Å². The monoisotopic (exact) mass is 222 g/mol. The van der Waals surface area contributed by atoms with Gasteiger partial charge in [0.1, 0.15) is 5.75 Å². The quantitative estimate of drug-likeness (QED) is 0.796. The summed E-state index contributed by atoms with van der Waals surface area (Å²) in [6.45, 7) is 5.45. The van der Waals surface area contributed by atoms with Gasteiger partial charge in [-0.15, -0.1) is 0 Å². The molecule has 1 aromatic rings. The van der Waals surface area contributed by atoms with Gasteiger partial charge in [-0.05, 0) is 43.5 Å². The Kier molecular flexibility index (Phi) is 4.77. The van der Waals surface area contributed by atoms with E-state index >= 15 is 0 Å². The molecule has 0 saturated carbocycles. The van der Waals surface area contributed by atoms with Crippen molar-refractivity contribution < 1.29 is 4.74 Å². The Bertz CT molecular complexity index is 335. The first-order valence-corrected chi connectivity index (χ1v) is 5.68. The van der Waals surface area contributed by atoms with Crippen molar-refractivity contribution in [3.05, 3.63) is 29.3 Å². The molecule has 0 bridgehead atoms. The van der Waals surface area contributed by atoms with Crippen LogP contribution in [0.2, 0.25) is 0 Å². The van der Waals surface area contributed by atoms with Crippen LogP contribution in [-0.4, -0.2) is 20.2 Å². The molecule has 1 rings (SSSR count). The maximum Gasteiger partial charge on any atom is 0.122 e. The first-order chi connectivity index (χ1) is 7.63. The third-order valence-corrected chi connectivity index (χ3v) is 3.19. The van der Waals surface area contributed by atoms with Crippen LogP contribution in [0.15, 0.2) is 18.2 Å². The molecule has 90 valence electrons. The molecular formula is C13H22N2O. The minimum Gasteiger partial charge on any atom is -0.496 e. The van der Waals surface area contributed by atoms with Crippen molar-refractivity contribution in [2.45, 2.75) is 19.8 Å². The lowest BCUT2D eigenvalue weighted by atomic mass is 9.86. The van der Waals surface area contributed by atoms with Crippen molar-refractivity contribution in [3.63, 3.8) is 0 Å². The van der Waals surface area contributed by atoms with E-state index in [0.29, 0.717) is 24.9 Å². The molecular weight excluding hydrogens is 200 g/mol. The standard InChI is InChI=1S/C13H22N2O/c1-9-4-5-13(16-3)12(6-9)10(2)11(7-14)8-15/h4-6,10-11H,7-8,14-15H2,1-3H3. The van der Waals surface area contributed by atoms with E-state index in [2.05, 4.69) is 26.0 Å². The summed E-state index contributed by atoms with van der Waals surface area (Å²) in [6.07, 6.45) is 0. The highest BCUT2D eigenvalue weighted by Crippen LogP contribution is 2.31. The zero-order valence-corrected chi connectivity index (χ0v) is 10.4. The molecule has 0 amide bonds. The fourth-order valence-electron chi connectivity index (χ4n) is 1.97. The van der Waals surface area contributed by atoms with Crippen LogP contribution >= 0.6 is 0 Å². The van der Waals surface area contributed by atoms with Gasteiger partial charge in [-0.1, -0.05) is 24.6 Å². The maximum absolute atomic E-state index is 5.73. The summed E-state index contributed by atoms with van der Waals surface area (Å²) < 4.78 is 5.38. The molecule has 0 aliphatic heterocycles. The van der Waals surface area contributed by atoms with Gasteiger partial charge in [0.25, 0.3) is 0 Å². The van der Waals surface area contributed by atoms with E-state index in [1.807, 2.05) is 6.07 Å². The van der Waals surface area contributed by atoms with Crippen molar-refractivity contribution in [2.24, 2.45) is 17.4 Å². The van der Waals surface area contributed by atoms with Gasteiger partial charge in [0.05, 0.1) is 7.11 Å². The molecule has 1 atom stereocenters. The summed E-state index contributed by atoms with van der Waals surface area (Å²) in [5, 5.41) is 0. The fourth-order valence-corrected chi connectivity index (χ4v) is 1.97. The molecule has 3 nitrogen and oxygen atoms in total. The van der Waals surface area contributed by atoms with Gasteiger partial charge < -0.3 is 16.2 Å². The summed E-state index contributed by atoms with van der Waals surface area (Å²) in [4.78, 5) is 0. The molecule has 0 saturated heterocycles. The molecule has 0 aliphatic rings. The van der Waals surface area contributed by atoms with Crippen molar-refractivity contribution in [3.8, 4) is 5.75 Å². The number of benzene rings is 1. The normalized spacial score (nSPS) is 12.9. The highest BCUT2D eigenvalue weighted by molar-refractivity contribution is 5.39. The number of hydrogen-bond donors (Lipinski definition) is 2. The van der Waals surface area contributed by atoms with Gasteiger partial charge in [0.2, 0.25) is 0 Å². The Morgan fingerprint density at radius 2 is 1.88 bits per heavy atom. The summed E-state index contributed by atoms with van der Waals surface area (Å²) >= 11 is 0. The number of rotatable bonds is 5. The zero-order chi connectivity index (χ0) is 12.1. The Hall–Kier alpha value is -1.06. The number of nitrogens with two attached hydrogens (primary N) is 2. The number of hydrogen-bond acceptors (Lipinski definition) is 3. The van der Waals surface area contributed by atoms with Gasteiger partial charge in [-0.3, -0.25) is 0 Å². The van der Waals surface area contributed by atoms with Crippen LogP contribution in [0.1, 0.15) is 24.0 Å². The Morgan fingerprint density at radius 1 is 1.25 bits per heavy atom. The average Bonchev–Trinajstić information content (AvgIpc) is 2.30. The molecule has 0 aromatic heterocycles. The van der Waals surface area contributed by atoms with E-state index in [1.54, 1.807) is 7.11 Å². The second kappa shape index (κ2) is 5.87. The molecule has 1 unspecified atom stereocenters. The molecule has 4 N–H and O–H groups in total. The van der Waals surface area contributed by atoms with Crippen LogP contribution in [0, 0.1) is 12.8 Å². The predicted octanol–water partition coefficient (Wildman–Crippen LogP) is 1.64. The van der Waals surface area contributed by atoms with E-state index < -0.39 is 0 Å². The van der Waals surface area contributed by atoms with Gasteiger partial charge in [0.15, 0.2) is 0 Å². The number of aryl methyl sites for hydroxylation is 1. The average molecular weight is 222 g/mol. The Morgan fingerprint density at radius 3 is 2.38 bits per heavy atom. The molecule has 0 spiro atoms. The highest BCUT2D eigenvalue weighted by atomic mass is 16.5. The van der Waals surface area contributed by atoms with Gasteiger partial charge >= 0.3 is 0 Å². The van der Waals surface area contributed by atoms with Crippen LogP contribution in [0.25, 0.3) is 0 Å². The third kappa shape index (κ3) is 2.74. The van der Waals surface area contributed by atoms with Crippen molar-refractivity contribution in [2.75, 3.05) is 20.2 Å². The van der Waals surface area contributed by atoms with Gasteiger partial charge in [-0.2, -0.15) is 0 Å². The Labute approximate surface area is 97.8 Å². The lowest BCUT2D eigenvalue weighted by molar-refractivity contribution is 0.391. The largest absolute Gasteiger partial charge is 0.496 e. The third-order valence-electron chi connectivity index (χ3n) is 3.19. The van der Waals surface area contributed by atoms with E-state index in [4.69, 9.17) is 16.2 Å². The summed E-state index contributed by atoms with van der Waals surface area (Å²) in [5.41, 5.74) is 13.9. The second-order valence-corrected chi connectivity index (χ2v) is 4.27. The predicted molar refractivity (Wildman–Crippen MR) is 67.7 cm³/mol. The van der Waals surface area contributed by atoms with E-state index in [9.17, 15) is 0 Å². The topological polar surface area (TPSA) is 61.3 Å². The summed E-state index contributed by atoms with van der Waals surface area (Å²) in [7, 11) is 1.70. The first kappa shape index (κ1) is 13.0. The van der Waals surface area contributed by atoms with Crippen LogP contribution in [0.4, 0.5) is 0 Å². The molecule has 0 heterocycles. The molecule has 16 heavy (non-hydrogen) atoms. The SMILES string of the molecule is COc1ccc(C)cc1C(C)C(CN)CN. The van der Waals surface area contributed by atoms with Gasteiger partial charge in [0, 0.05) is 0 Å². The van der Waals surface area contributed by atoms with Crippen LogP contribution in [0.3, 0.4) is 0 Å². The van der Waals surface area contributed by atoms with Crippen LogP contribution in [0.5, 0.6) is 5.75 Å². The molecule has 0 radical (unpaired) electrons. The maximum atomic E-state index is 5.73. The lowest BCUT2D eigenvalue weighted by Gasteiger charge is -2.23. The molecule has 1 aromatic carbocycles. The Balaban J connectivity index is 3.04. The lowest BCUT2D eigenvalue weighted by Crippen LogP contribution is -2.28. The smallest absolute Gasteiger partial charge is 0.122 e. The molecule has 0 aliphatic carbocycles. The van der Waals surface area contributed by atoms with E-state index in [1.165, 1.54) is 11.1 Å².